The van der Waals surface area contributed by atoms with Crippen LogP contribution in [0.2, 0.25) is 10.0 Å². The summed E-state index contributed by atoms with van der Waals surface area (Å²) in [4.78, 5) is 13.8. The van der Waals surface area contributed by atoms with Gasteiger partial charge in [0.2, 0.25) is 0 Å². The van der Waals surface area contributed by atoms with Crippen LogP contribution in [0, 0.1) is 0 Å². The lowest BCUT2D eigenvalue weighted by Gasteiger charge is -2.31. The Balaban J connectivity index is 1.89. The van der Waals surface area contributed by atoms with Crippen LogP contribution in [0.1, 0.15) is 6.92 Å². The van der Waals surface area contributed by atoms with E-state index in [1.807, 2.05) is 0 Å². The number of nitrogens with one attached hydrogen (secondary N) is 1. The molecule has 1 amide bonds. The van der Waals surface area contributed by atoms with E-state index < -0.39 is 0 Å². The minimum atomic E-state index is -0.0284. The summed E-state index contributed by atoms with van der Waals surface area (Å²) < 4.78 is 5.44. The third kappa shape index (κ3) is 4.00. The van der Waals surface area contributed by atoms with Gasteiger partial charge in [0, 0.05) is 30.7 Å². The van der Waals surface area contributed by atoms with Crippen LogP contribution in [-0.2, 0) is 4.79 Å². The normalized spacial score (nSPS) is 19.3. The predicted octanol–water partition coefficient (Wildman–Crippen LogP) is 2.19. The van der Waals surface area contributed by atoms with Crippen molar-refractivity contribution in [2.45, 2.75) is 13.0 Å². The minimum Gasteiger partial charge on any atom is -0.482 e. The maximum atomic E-state index is 12.0. The molecule has 0 spiro atoms. The largest absolute Gasteiger partial charge is 0.482 e. The second kappa shape index (κ2) is 6.46. The zero-order chi connectivity index (χ0) is 13.8. The van der Waals surface area contributed by atoms with Crippen molar-refractivity contribution in [2.75, 3.05) is 26.2 Å². The van der Waals surface area contributed by atoms with Crippen LogP contribution < -0.4 is 10.1 Å². The molecule has 1 atom stereocenters. The van der Waals surface area contributed by atoms with Crippen LogP contribution in [0.3, 0.4) is 0 Å². The monoisotopic (exact) mass is 302 g/mol. The van der Waals surface area contributed by atoms with Gasteiger partial charge in [-0.1, -0.05) is 23.2 Å². The summed E-state index contributed by atoms with van der Waals surface area (Å²) in [7, 11) is 0. The van der Waals surface area contributed by atoms with Gasteiger partial charge in [0.05, 0.1) is 5.02 Å². The van der Waals surface area contributed by atoms with Gasteiger partial charge in [-0.25, -0.2) is 0 Å². The number of hydrogen-bond acceptors (Lipinski definition) is 3. The van der Waals surface area contributed by atoms with Crippen molar-refractivity contribution in [3.8, 4) is 5.75 Å². The van der Waals surface area contributed by atoms with Crippen LogP contribution in [-0.4, -0.2) is 43.1 Å². The van der Waals surface area contributed by atoms with E-state index in [1.165, 1.54) is 0 Å². The summed E-state index contributed by atoms with van der Waals surface area (Å²) >= 11 is 11.8. The molecule has 19 heavy (non-hydrogen) atoms. The highest BCUT2D eigenvalue weighted by molar-refractivity contribution is 6.35. The first-order valence-corrected chi connectivity index (χ1v) is 6.91. The van der Waals surface area contributed by atoms with E-state index >= 15 is 0 Å². The maximum absolute atomic E-state index is 12.0. The second-order valence-electron chi connectivity index (χ2n) is 4.56. The van der Waals surface area contributed by atoms with Gasteiger partial charge in [0.15, 0.2) is 6.61 Å². The molecule has 1 heterocycles. The summed E-state index contributed by atoms with van der Waals surface area (Å²) in [5.41, 5.74) is 0. The summed E-state index contributed by atoms with van der Waals surface area (Å²) in [5.74, 6) is 0.446. The molecular weight excluding hydrogens is 287 g/mol. The predicted molar refractivity (Wildman–Crippen MR) is 76.0 cm³/mol. The van der Waals surface area contributed by atoms with Gasteiger partial charge in [-0.2, -0.15) is 0 Å². The molecule has 1 N–H and O–H groups in total. The Hall–Kier alpha value is -0.970. The van der Waals surface area contributed by atoms with Gasteiger partial charge < -0.3 is 15.0 Å². The number of benzene rings is 1. The van der Waals surface area contributed by atoms with Gasteiger partial charge in [0.25, 0.3) is 5.91 Å². The van der Waals surface area contributed by atoms with E-state index in [1.54, 1.807) is 23.1 Å². The molecule has 1 saturated heterocycles. The van der Waals surface area contributed by atoms with Gasteiger partial charge in [0.1, 0.15) is 5.75 Å². The Morgan fingerprint density at radius 3 is 3.00 bits per heavy atom. The number of nitrogens with zero attached hydrogens (tertiary/aromatic N) is 1. The van der Waals surface area contributed by atoms with E-state index in [0.29, 0.717) is 34.9 Å². The Kier molecular flexibility index (Phi) is 4.91. The highest BCUT2D eigenvalue weighted by Crippen LogP contribution is 2.27. The van der Waals surface area contributed by atoms with Gasteiger partial charge >= 0.3 is 0 Å². The molecule has 0 bridgehead atoms. The van der Waals surface area contributed by atoms with Crippen LogP contribution in [0.5, 0.6) is 5.75 Å². The van der Waals surface area contributed by atoms with E-state index in [9.17, 15) is 4.79 Å². The summed E-state index contributed by atoms with van der Waals surface area (Å²) in [6.45, 7) is 4.27. The molecule has 1 unspecified atom stereocenters. The van der Waals surface area contributed by atoms with Gasteiger partial charge in [-0.05, 0) is 25.1 Å². The number of carbonyl (C=O) groups excluding carboxylic acids is 1. The SMILES string of the molecule is CC1CN(C(=O)COc2ccc(Cl)cc2Cl)CCN1. The summed E-state index contributed by atoms with van der Waals surface area (Å²) in [6.07, 6.45) is 0. The van der Waals surface area contributed by atoms with Crippen LogP contribution in [0.15, 0.2) is 18.2 Å². The third-order valence-corrected chi connectivity index (χ3v) is 3.50. The molecule has 1 aromatic rings. The molecule has 1 aliphatic heterocycles. The second-order valence-corrected chi connectivity index (χ2v) is 5.40. The maximum Gasteiger partial charge on any atom is 0.260 e. The number of rotatable bonds is 3. The van der Waals surface area contributed by atoms with Crippen molar-refractivity contribution in [1.29, 1.82) is 0 Å². The number of piperazine rings is 1. The molecular formula is C13H16Cl2N2O2. The van der Waals surface area contributed by atoms with E-state index in [2.05, 4.69) is 12.2 Å². The molecule has 0 saturated carbocycles. The molecule has 1 aliphatic rings. The smallest absolute Gasteiger partial charge is 0.260 e. The number of amides is 1. The molecule has 0 aromatic heterocycles. The van der Waals surface area contributed by atoms with Gasteiger partial charge in [-0.3, -0.25) is 4.79 Å². The standard InChI is InChI=1S/C13H16Cl2N2O2/c1-9-7-17(5-4-16-9)13(18)8-19-12-3-2-10(14)6-11(12)15/h2-3,6,9,16H,4-5,7-8H2,1H3. The average molecular weight is 303 g/mol. The fourth-order valence-corrected chi connectivity index (χ4v) is 2.44. The number of hydrogen-bond donors (Lipinski definition) is 1. The third-order valence-electron chi connectivity index (χ3n) is 2.97. The summed E-state index contributed by atoms with van der Waals surface area (Å²) in [5, 5.41) is 4.24. The topological polar surface area (TPSA) is 41.6 Å². The van der Waals surface area contributed by atoms with Crippen LogP contribution in [0.4, 0.5) is 0 Å². The van der Waals surface area contributed by atoms with Crippen molar-refractivity contribution in [2.24, 2.45) is 0 Å². The lowest BCUT2D eigenvalue weighted by atomic mass is 10.2. The fraction of sp³-hybridized carbons (Fsp3) is 0.462. The first kappa shape index (κ1) is 14.4. The zero-order valence-electron chi connectivity index (χ0n) is 10.7. The van der Waals surface area contributed by atoms with E-state index in [-0.39, 0.29) is 12.5 Å². The molecule has 1 aromatic carbocycles. The molecule has 0 aliphatic carbocycles. The van der Waals surface area contributed by atoms with E-state index in [4.69, 9.17) is 27.9 Å². The fourth-order valence-electron chi connectivity index (χ4n) is 1.98. The quantitative estimate of drug-likeness (QED) is 0.930. The highest BCUT2D eigenvalue weighted by Gasteiger charge is 2.20. The Morgan fingerprint density at radius 1 is 1.53 bits per heavy atom. The molecule has 0 radical (unpaired) electrons. The van der Waals surface area contributed by atoms with Crippen molar-refractivity contribution < 1.29 is 9.53 Å². The number of carbonyl (C=O) groups is 1. The van der Waals surface area contributed by atoms with Gasteiger partial charge in [-0.15, -0.1) is 0 Å². The number of halogens is 2. The van der Waals surface area contributed by atoms with Crippen molar-refractivity contribution in [3.63, 3.8) is 0 Å². The van der Waals surface area contributed by atoms with Crippen molar-refractivity contribution in [3.05, 3.63) is 28.2 Å². The zero-order valence-corrected chi connectivity index (χ0v) is 12.2. The molecule has 4 nitrogen and oxygen atoms in total. The highest BCUT2D eigenvalue weighted by atomic mass is 35.5. The molecule has 2 rings (SSSR count). The average Bonchev–Trinajstić information content (AvgIpc) is 2.37. The number of ether oxygens (including phenoxy) is 1. The molecule has 6 heteroatoms. The Bertz CT molecular complexity index is 468. The molecule has 104 valence electrons. The molecule has 1 fully saturated rings. The lowest BCUT2D eigenvalue weighted by Crippen LogP contribution is -2.52. The Morgan fingerprint density at radius 2 is 2.32 bits per heavy atom. The van der Waals surface area contributed by atoms with Crippen LogP contribution >= 0.6 is 23.2 Å². The van der Waals surface area contributed by atoms with Crippen molar-refractivity contribution >= 4 is 29.1 Å². The van der Waals surface area contributed by atoms with Crippen LogP contribution in [0.25, 0.3) is 0 Å². The van der Waals surface area contributed by atoms with Crippen molar-refractivity contribution in [1.82, 2.24) is 10.2 Å². The first-order chi connectivity index (χ1) is 9.06. The Labute approximate surface area is 122 Å². The van der Waals surface area contributed by atoms with E-state index in [0.717, 1.165) is 6.54 Å². The minimum absolute atomic E-state index is 0.00588. The lowest BCUT2D eigenvalue weighted by molar-refractivity contribution is -0.134. The first-order valence-electron chi connectivity index (χ1n) is 6.15. The summed E-state index contributed by atoms with van der Waals surface area (Å²) in [6, 6.07) is 5.26.